The van der Waals surface area contributed by atoms with Gasteiger partial charge in [-0.3, -0.25) is 14.4 Å². The summed E-state index contributed by atoms with van der Waals surface area (Å²) in [6.45, 7) is 3.80. The Labute approximate surface area is 176 Å². The zero-order valence-electron chi connectivity index (χ0n) is 17.7. The summed E-state index contributed by atoms with van der Waals surface area (Å²) in [5, 5.41) is 9.89. The van der Waals surface area contributed by atoms with E-state index in [1.807, 2.05) is 54.6 Å². The van der Waals surface area contributed by atoms with Crippen molar-refractivity contribution in [2.45, 2.75) is 20.3 Å². The predicted molar refractivity (Wildman–Crippen MR) is 122 cm³/mol. The molecule has 0 amide bonds. The maximum atomic E-state index is 13.0. The first-order valence-corrected chi connectivity index (χ1v) is 9.58. The van der Waals surface area contributed by atoms with Crippen molar-refractivity contribution in [2.75, 3.05) is 14.2 Å². The van der Waals surface area contributed by atoms with Crippen LogP contribution in [0, 0.1) is 11.3 Å². The molecule has 0 saturated heterocycles. The van der Waals surface area contributed by atoms with Crippen molar-refractivity contribution in [1.82, 2.24) is 4.57 Å². The number of rotatable bonds is 4. The molecule has 6 heteroatoms. The van der Waals surface area contributed by atoms with Gasteiger partial charge in [0.15, 0.2) is 0 Å². The minimum Gasteiger partial charge on any atom is -0.496 e. The van der Waals surface area contributed by atoms with Crippen molar-refractivity contribution >= 4 is 16.6 Å². The lowest BCUT2D eigenvalue weighted by atomic mass is 10.1. The third-order valence-corrected chi connectivity index (χ3v) is 4.61. The molecule has 0 spiro atoms. The average Bonchev–Trinajstić information content (AvgIpc) is 2.80. The normalized spacial score (nSPS) is 11.4. The molecule has 0 bridgehead atoms. The molecule has 6 nitrogen and oxygen atoms in total. The number of nitriles is 1. The van der Waals surface area contributed by atoms with Crippen LogP contribution in [0.1, 0.15) is 19.5 Å². The summed E-state index contributed by atoms with van der Waals surface area (Å²) >= 11 is 0. The largest absolute Gasteiger partial charge is 0.496 e. The molecule has 3 aromatic rings. The topological polar surface area (TPSA) is 93.4 Å². The Morgan fingerprint density at radius 3 is 2.43 bits per heavy atom. The molecule has 2 N–H and O–H groups in total. The van der Waals surface area contributed by atoms with Crippen LogP contribution < -0.4 is 16.0 Å². The lowest BCUT2D eigenvalue weighted by Gasteiger charge is -2.14. The highest BCUT2D eigenvalue weighted by Crippen LogP contribution is 2.24. The number of nitrogens with zero attached hydrogens (tertiary/aromatic N) is 3. The Bertz CT molecular complexity index is 1170. The van der Waals surface area contributed by atoms with E-state index >= 15 is 0 Å². The number of pyridine rings is 1. The van der Waals surface area contributed by atoms with E-state index in [9.17, 15) is 4.79 Å². The first-order valence-electron chi connectivity index (χ1n) is 9.58. The van der Waals surface area contributed by atoms with E-state index in [0.29, 0.717) is 22.5 Å². The fraction of sp³-hybridized carbons (Fsp3) is 0.208. The number of amidine groups is 1. The van der Waals surface area contributed by atoms with Crippen LogP contribution >= 0.6 is 0 Å². The second kappa shape index (κ2) is 10.6. The molecule has 1 heterocycles. The van der Waals surface area contributed by atoms with E-state index < -0.39 is 0 Å². The molecular formula is C24H26N4O2. The fourth-order valence-corrected chi connectivity index (χ4v) is 3.06. The molecule has 0 saturated carbocycles. The zero-order valence-corrected chi connectivity index (χ0v) is 17.7. The fourth-order valence-electron chi connectivity index (χ4n) is 3.06. The molecule has 0 unspecified atom stereocenters. The van der Waals surface area contributed by atoms with E-state index in [0.717, 1.165) is 23.2 Å². The number of para-hydroxylation sites is 1. The van der Waals surface area contributed by atoms with Crippen LogP contribution in [0.4, 0.5) is 0 Å². The van der Waals surface area contributed by atoms with Crippen molar-refractivity contribution in [3.05, 3.63) is 82.3 Å². The van der Waals surface area contributed by atoms with Gasteiger partial charge in [-0.05, 0) is 43.0 Å². The molecular weight excluding hydrogens is 376 g/mol. The summed E-state index contributed by atoms with van der Waals surface area (Å²) < 4.78 is 7.13. The molecule has 0 radical (unpaired) electrons. The number of nitrogens with two attached hydrogens (primary N) is 1. The van der Waals surface area contributed by atoms with Gasteiger partial charge in [0.2, 0.25) is 0 Å². The highest BCUT2D eigenvalue weighted by Gasteiger charge is 2.13. The van der Waals surface area contributed by atoms with Crippen LogP contribution in [0.15, 0.2) is 76.0 Å². The van der Waals surface area contributed by atoms with Gasteiger partial charge in [0.25, 0.3) is 5.56 Å². The molecule has 154 valence electrons. The van der Waals surface area contributed by atoms with Crippen molar-refractivity contribution in [2.24, 2.45) is 10.7 Å². The first kappa shape index (κ1) is 22.4. The Balaban J connectivity index is 0.000000303. The second-order valence-corrected chi connectivity index (χ2v) is 6.31. The van der Waals surface area contributed by atoms with E-state index in [-0.39, 0.29) is 5.56 Å². The molecule has 0 atom stereocenters. The lowest BCUT2D eigenvalue weighted by Crippen LogP contribution is -2.22. The number of aromatic nitrogens is 1. The van der Waals surface area contributed by atoms with E-state index in [2.05, 4.69) is 18.0 Å². The first-order chi connectivity index (χ1) is 14.5. The van der Waals surface area contributed by atoms with Gasteiger partial charge in [0.05, 0.1) is 18.1 Å². The standard InChI is InChI=1S/C18H17NO2.C6H9N3/c1-3-14-12-13-8-7-11-16(21-2)17(13)18(20)19(14)15-9-5-4-6-10-15;1-3-5(4-7)6(8)9-2/h4-12H,3H2,1-2H3;3H,1-2H3,(H2,8,9)/b;5-3-. The molecule has 3 rings (SSSR count). The molecule has 0 aliphatic rings. The van der Waals surface area contributed by atoms with Crippen molar-refractivity contribution in [1.29, 1.82) is 5.26 Å². The van der Waals surface area contributed by atoms with Crippen molar-refractivity contribution in [3.8, 4) is 17.5 Å². The Hall–Kier alpha value is -3.85. The molecule has 1 aromatic heterocycles. The van der Waals surface area contributed by atoms with E-state index in [1.165, 1.54) is 0 Å². The number of aryl methyl sites for hydroxylation is 1. The van der Waals surface area contributed by atoms with Crippen LogP contribution in [0.2, 0.25) is 0 Å². The highest BCUT2D eigenvalue weighted by atomic mass is 16.5. The summed E-state index contributed by atoms with van der Waals surface area (Å²) in [7, 11) is 3.14. The number of ether oxygens (including phenoxy) is 1. The van der Waals surface area contributed by atoms with Crippen LogP contribution in [-0.4, -0.2) is 24.6 Å². The third kappa shape index (κ3) is 4.76. The number of methoxy groups -OCH3 is 1. The summed E-state index contributed by atoms with van der Waals surface area (Å²) in [5.41, 5.74) is 7.57. The van der Waals surface area contributed by atoms with Gasteiger partial charge in [-0.2, -0.15) is 5.26 Å². The van der Waals surface area contributed by atoms with Gasteiger partial charge < -0.3 is 10.5 Å². The van der Waals surface area contributed by atoms with Gasteiger partial charge >= 0.3 is 0 Å². The van der Waals surface area contributed by atoms with Crippen LogP contribution in [0.25, 0.3) is 16.5 Å². The number of aliphatic imine (C=N–C) groups is 1. The SMILES string of the molecule is C/C=C(/C#N)C(N)=NC.CCc1cc2cccc(OC)c2c(=O)n1-c1ccccc1. The third-order valence-electron chi connectivity index (χ3n) is 4.61. The average molecular weight is 402 g/mol. The summed E-state index contributed by atoms with van der Waals surface area (Å²) in [6.07, 6.45) is 2.42. The van der Waals surface area contributed by atoms with E-state index in [1.54, 1.807) is 31.7 Å². The Kier molecular flexibility index (Phi) is 7.95. The molecule has 0 aliphatic carbocycles. The number of benzene rings is 2. The molecule has 0 fully saturated rings. The summed E-state index contributed by atoms with van der Waals surface area (Å²) in [4.78, 5) is 16.6. The predicted octanol–water partition coefficient (Wildman–Crippen LogP) is 4.00. The number of allylic oxidation sites excluding steroid dienone is 1. The van der Waals surface area contributed by atoms with Crippen LogP contribution in [0.3, 0.4) is 0 Å². The Morgan fingerprint density at radius 2 is 1.93 bits per heavy atom. The highest BCUT2D eigenvalue weighted by molar-refractivity contribution is 6.00. The molecule has 30 heavy (non-hydrogen) atoms. The number of hydrogen-bond donors (Lipinski definition) is 1. The monoisotopic (exact) mass is 402 g/mol. The number of hydrogen-bond acceptors (Lipinski definition) is 4. The maximum Gasteiger partial charge on any atom is 0.266 e. The number of fused-ring (bicyclic) bond motifs is 1. The lowest BCUT2D eigenvalue weighted by molar-refractivity contribution is 0.419. The van der Waals surface area contributed by atoms with Gasteiger partial charge in [-0.25, -0.2) is 0 Å². The van der Waals surface area contributed by atoms with E-state index in [4.69, 9.17) is 15.7 Å². The Morgan fingerprint density at radius 1 is 1.23 bits per heavy atom. The maximum absolute atomic E-state index is 13.0. The minimum atomic E-state index is -0.0343. The molecule has 0 aliphatic heterocycles. The molecule has 2 aromatic carbocycles. The second-order valence-electron chi connectivity index (χ2n) is 6.31. The van der Waals surface area contributed by atoms with Gasteiger partial charge in [0.1, 0.15) is 17.7 Å². The van der Waals surface area contributed by atoms with Gasteiger partial charge in [0, 0.05) is 18.4 Å². The van der Waals surface area contributed by atoms with Crippen LogP contribution in [-0.2, 0) is 6.42 Å². The van der Waals surface area contributed by atoms with Crippen molar-refractivity contribution < 1.29 is 4.74 Å². The van der Waals surface area contributed by atoms with Crippen LogP contribution in [0.5, 0.6) is 5.75 Å². The summed E-state index contributed by atoms with van der Waals surface area (Å²) in [6, 6.07) is 19.4. The minimum absolute atomic E-state index is 0.0343. The quantitative estimate of drug-likeness (QED) is 0.405. The zero-order chi connectivity index (χ0) is 22.1. The summed E-state index contributed by atoms with van der Waals surface area (Å²) in [5.74, 6) is 0.907. The smallest absolute Gasteiger partial charge is 0.266 e. The van der Waals surface area contributed by atoms with Gasteiger partial charge in [-0.1, -0.05) is 43.3 Å². The van der Waals surface area contributed by atoms with Crippen molar-refractivity contribution in [3.63, 3.8) is 0 Å². The van der Waals surface area contributed by atoms with Gasteiger partial charge in [-0.15, -0.1) is 0 Å².